The number of carbonyl (C=O) groups is 1. The van der Waals surface area contributed by atoms with Gasteiger partial charge in [0.2, 0.25) is 0 Å². The standard InChI is InChI=1S/C18H20ClNO2/c1-12(2)17(18(21)22)20-11-13-3-5-14(6-4-13)15-7-9-16(19)10-8-15/h3-10,12,17,20H,11H2,1-2H3,(H,21,22)/t17-/m0/s1. The lowest BCUT2D eigenvalue weighted by molar-refractivity contribution is -0.140. The first-order valence-corrected chi connectivity index (χ1v) is 7.66. The predicted octanol–water partition coefficient (Wildman–Crippen LogP) is 4.21. The average Bonchev–Trinajstić information content (AvgIpc) is 2.48. The van der Waals surface area contributed by atoms with Crippen LogP contribution in [0.5, 0.6) is 0 Å². The Morgan fingerprint density at radius 3 is 2.00 bits per heavy atom. The van der Waals surface area contributed by atoms with E-state index in [1.54, 1.807) is 0 Å². The molecule has 0 heterocycles. The molecule has 22 heavy (non-hydrogen) atoms. The van der Waals surface area contributed by atoms with Crippen molar-refractivity contribution in [3.8, 4) is 11.1 Å². The summed E-state index contributed by atoms with van der Waals surface area (Å²) in [5, 5.41) is 13.0. The zero-order chi connectivity index (χ0) is 16.1. The van der Waals surface area contributed by atoms with Crippen molar-refractivity contribution in [1.82, 2.24) is 5.32 Å². The van der Waals surface area contributed by atoms with E-state index in [2.05, 4.69) is 5.32 Å². The highest BCUT2D eigenvalue weighted by Crippen LogP contribution is 2.22. The van der Waals surface area contributed by atoms with E-state index in [9.17, 15) is 4.79 Å². The van der Waals surface area contributed by atoms with Gasteiger partial charge in [-0.15, -0.1) is 0 Å². The summed E-state index contributed by atoms with van der Waals surface area (Å²) in [6, 6.07) is 15.3. The Morgan fingerprint density at radius 2 is 1.55 bits per heavy atom. The van der Waals surface area contributed by atoms with Gasteiger partial charge < -0.3 is 10.4 Å². The van der Waals surface area contributed by atoms with Gasteiger partial charge in [-0.25, -0.2) is 0 Å². The lowest BCUT2D eigenvalue weighted by Gasteiger charge is -2.18. The Morgan fingerprint density at radius 1 is 1.05 bits per heavy atom. The first-order chi connectivity index (χ1) is 10.5. The highest BCUT2D eigenvalue weighted by atomic mass is 35.5. The zero-order valence-electron chi connectivity index (χ0n) is 12.7. The van der Waals surface area contributed by atoms with Crippen molar-refractivity contribution in [3.63, 3.8) is 0 Å². The zero-order valence-corrected chi connectivity index (χ0v) is 13.5. The Hall–Kier alpha value is -1.84. The van der Waals surface area contributed by atoms with E-state index in [1.807, 2.05) is 62.4 Å². The molecule has 0 aromatic heterocycles. The molecule has 0 aliphatic heterocycles. The highest BCUT2D eigenvalue weighted by molar-refractivity contribution is 6.30. The van der Waals surface area contributed by atoms with E-state index in [-0.39, 0.29) is 5.92 Å². The molecule has 2 aromatic rings. The van der Waals surface area contributed by atoms with Crippen LogP contribution in [0, 0.1) is 5.92 Å². The van der Waals surface area contributed by atoms with E-state index in [4.69, 9.17) is 16.7 Å². The summed E-state index contributed by atoms with van der Waals surface area (Å²) in [5.74, 6) is -0.765. The number of hydrogen-bond acceptors (Lipinski definition) is 2. The fourth-order valence-electron chi connectivity index (χ4n) is 2.29. The molecule has 0 fully saturated rings. The molecule has 0 unspecified atom stereocenters. The fourth-order valence-corrected chi connectivity index (χ4v) is 2.42. The smallest absolute Gasteiger partial charge is 0.320 e. The maximum Gasteiger partial charge on any atom is 0.320 e. The summed E-state index contributed by atoms with van der Waals surface area (Å²) in [5.41, 5.74) is 3.28. The predicted molar refractivity (Wildman–Crippen MR) is 90.0 cm³/mol. The second-order valence-electron chi connectivity index (χ2n) is 5.64. The van der Waals surface area contributed by atoms with E-state index in [0.717, 1.165) is 21.7 Å². The van der Waals surface area contributed by atoms with Crippen molar-refractivity contribution < 1.29 is 9.90 Å². The Balaban J connectivity index is 2.03. The molecule has 0 amide bonds. The van der Waals surface area contributed by atoms with Crippen LogP contribution in [-0.2, 0) is 11.3 Å². The molecule has 0 bridgehead atoms. The van der Waals surface area contributed by atoms with Crippen molar-refractivity contribution in [1.29, 1.82) is 0 Å². The summed E-state index contributed by atoms with van der Waals surface area (Å²) in [7, 11) is 0. The van der Waals surface area contributed by atoms with Crippen LogP contribution in [0.15, 0.2) is 48.5 Å². The summed E-state index contributed by atoms with van der Waals surface area (Å²) in [6.07, 6.45) is 0. The monoisotopic (exact) mass is 317 g/mol. The fraction of sp³-hybridized carbons (Fsp3) is 0.278. The molecule has 2 rings (SSSR count). The number of benzene rings is 2. The number of halogens is 1. The Bertz CT molecular complexity index is 621. The van der Waals surface area contributed by atoms with Gasteiger partial charge in [0.15, 0.2) is 0 Å². The molecule has 0 saturated heterocycles. The van der Waals surface area contributed by atoms with Gasteiger partial charge in [0, 0.05) is 11.6 Å². The van der Waals surface area contributed by atoms with Crippen molar-refractivity contribution >= 4 is 17.6 Å². The second-order valence-corrected chi connectivity index (χ2v) is 6.08. The molecule has 0 radical (unpaired) electrons. The van der Waals surface area contributed by atoms with Crippen LogP contribution >= 0.6 is 11.6 Å². The molecule has 0 aliphatic rings. The van der Waals surface area contributed by atoms with Crippen LogP contribution in [0.4, 0.5) is 0 Å². The summed E-state index contributed by atoms with van der Waals surface area (Å²) >= 11 is 5.89. The first-order valence-electron chi connectivity index (χ1n) is 7.28. The summed E-state index contributed by atoms with van der Waals surface area (Å²) < 4.78 is 0. The van der Waals surface area contributed by atoms with Crippen molar-refractivity contribution in [2.24, 2.45) is 5.92 Å². The number of rotatable bonds is 6. The summed E-state index contributed by atoms with van der Waals surface area (Å²) in [6.45, 7) is 4.33. The molecule has 4 heteroatoms. The maximum absolute atomic E-state index is 11.2. The van der Waals surface area contributed by atoms with Crippen LogP contribution in [0.1, 0.15) is 19.4 Å². The minimum absolute atomic E-state index is 0.0471. The van der Waals surface area contributed by atoms with Gasteiger partial charge in [-0.1, -0.05) is 61.8 Å². The molecular weight excluding hydrogens is 298 g/mol. The van der Waals surface area contributed by atoms with Crippen LogP contribution < -0.4 is 5.32 Å². The molecule has 2 N–H and O–H groups in total. The Labute approximate surface area is 135 Å². The van der Waals surface area contributed by atoms with Gasteiger partial charge in [0.05, 0.1) is 0 Å². The second kappa shape index (κ2) is 7.43. The molecular formula is C18H20ClNO2. The van der Waals surface area contributed by atoms with Gasteiger partial charge in [0.1, 0.15) is 6.04 Å². The highest BCUT2D eigenvalue weighted by Gasteiger charge is 2.20. The minimum Gasteiger partial charge on any atom is -0.480 e. The number of hydrogen-bond donors (Lipinski definition) is 2. The number of aliphatic carboxylic acids is 1. The molecule has 0 spiro atoms. The topological polar surface area (TPSA) is 49.3 Å². The molecule has 116 valence electrons. The van der Waals surface area contributed by atoms with Crippen molar-refractivity contribution in [3.05, 3.63) is 59.1 Å². The summed E-state index contributed by atoms with van der Waals surface area (Å²) in [4.78, 5) is 11.2. The van der Waals surface area contributed by atoms with Crippen molar-refractivity contribution in [2.45, 2.75) is 26.4 Å². The third kappa shape index (κ3) is 4.33. The molecule has 2 aromatic carbocycles. The molecule has 0 saturated carbocycles. The first kappa shape index (κ1) is 16.5. The quantitative estimate of drug-likeness (QED) is 0.839. The number of carboxylic acids is 1. The molecule has 1 atom stereocenters. The third-order valence-corrected chi connectivity index (χ3v) is 3.84. The van der Waals surface area contributed by atoms with Crippen LogP contribution in [0.3, 0.4) is 0 Å². The van der Waals surface area contributed by atoms with Gasteiger partial charge in [-0.05, 0) is 34.7 Å². The number of carboxylic acid groups (broad SMARTS) is 1. The third-order valence-electron chi connectivity index (χ3n) is 3.59. The normalized spacial score (nSPS) is 12.4. The van der Waals surface area contributed by atoms with Gasteiger partial charge in [-0.3, -0.25) is 4.79 Å². The molecule has 3 nitrogen and oxygen atoms in total. The number of nitrogens with one attached hydrogen (secondary N) is 1. The maximum atomic E-state index is 11.2. The van der Waals surface area contributed by atoms with Crippen molar-refractivity contribution in [2.75, 3.05) is 0 Å². The SMILES string of the molecule is CC(C)[C@H](NCc1ccc(-c2ccc(Cl)cc2)cc1)C(=O)O. The van der Waals surface area contributed by atoms with E-state index >= 15 is 0 Å². The van der Waals surface area contributed by atoms with Crippen LogP contribution in [-0.4, -0.2) is 17.1 Å². The lowest BCUT2D eigenvalue weighted by Crippen LogP contribution is -2.40. The minimum atomic E-state index is -0.812. The van der Waals surface area contributed by atoms with Gasteiger partial charge in [0.25, 0.3) is 0 Å². The van der Waals surface area contributed by atoms with Crippen LogP contribution in [0.2, 0.25) is 5.02 Å². The Kier molecular flexibility index (Phi) is 5.58. The van der Waals surface area contributed by atoms with E-state index in [0.29, 0.717) is 6.54 Å². The van der Waals surface area contributed by atoms with E-state index < -0.39 is 12.0 Å². The van der Waals surface area contributed by atoms with Gasteiger partial charge >= 0.3 is 5.97 Å². The van der Waals surface area contributed by atoms with Gasteiger partial charge in [-0.2, -0.15) is 0 Å². The van der Waals surface area contributed by atoms with E-state index in [1.165, 1.54) is 0 Å². The lowest BCUT2D eigenvalue weighted by atomic mass is 10.0. The largest absolute Gasteiger partial charge is 0.480 e. The van der Waals surface area contributed by atoms with Crippen LogP contribution in [0.25, 0.3) is 11.1 Å². The molecule has 0 aliphatic carbocycles. The average molecular weight is 318 g/mol.